The first-order valence-electron chi connectivity index (χ1n) is 11.8. The third-order valence-electron chi connectivity index (χ3n) is 5.48. The number of halogens is 3. The smallest absolute Gasteiger partial charge is 0.487 e. The van der Waals surface area contributed by atoms with Crippen molar-refractivity contribution in [2.75, 3.05) is 0 Å². The maximum absolute atomic E-state index is 12.3. The van der Waals surface area contributed by atoms with Crippen molar-refractivity contribution in [3.63, 3.8) is 0 Å². The number of oxazole rings is 1. The molecule has 4 rings (SSSR count). The maximum Gasteiger partial charge on any atom is 0.573 e. The molecule has 11 heteroatoms. The largest absolute Gasteiger partial charge is 0.573 e. The van der Waals surface area contributed by atoms with Gasteiger partial charge in [-0.15, -0.1) is 18.3 Å². The summed E-state index contributed by atoms with van der Waals surface area (Å²) in [7, 11) is 0. The number of aryl methyl sites for hydroxylation is 2. The van der Waals surface area contributed by atoms with Gasteiger partial charge in [-0.25, -0.2) is 9.67 Å². The van der Waals surface area contributed by atoms with Gasteiger partial charge in [0.25, 0.3) is 0 Å². The summed E-state index contributed by atoms with van der Waals surface area (Å²) in [6, 6.07) is 15.4. The quantitative estimate of drug-likeness (QED) is 0.210. The Morgan fingerprint density at radius 3 is 2.45 bits per heavy atom. The Bertz CT molecular complexity index is 1370. The van der Waals surface area contributed by atoms with Crippen LogP contribution < -0.4 is 9.47 Å². The Morgan fingerprint density at radius 1 is 0.974 bits per heavy atom. The number of hydrogen-bond acceptors (Lipinski definition) is 7. The fourth-order valence-corrected chi connectivity index (χ4v) is 3.63. The molecule has 196 valence electrons. The summed E-state index contributed by atoms with van der Waals surface area (Å²) in [6.45, 7) is 0.440. The number of rotatable bonds is 12. The predicted molar refractivity (Wildman–Crippen MR) is 132 cm³/mol. The number of unbranched alkanes of at least 4 members (excludes halogenated alkanes) is 1. The van der Waals surface area contributed by atoms with E-state index in [1.54, 1.807) is 23.0 Å². The number of nitrogens with zero attached hydrogens (tertiary/aromatic N) is 5. The second-order valence-corrected chi connectivity index (χ2v) is 8.31. The minimum Gasteiger partial charge on any atom is -0.487 e. The zero-order valence-corrected chi connectivity index (χ0v) is 20.3. The molecule has 2 heterocycles. The van der Waals surface area contributed by atoms with Crippen molar-refractivity contribution < 1.29 is 27.1 Å². The molecule has 0 radical (unpaired) electrons. The van der Waals surface area contributed by atoms with Gasteiger partial charge < -0.3 is 13.9 Å². The van der Waals surface area contributed by atoms with Crippen molar-refractivity contribution in [1.29, 1.82) is 5.26 Å². The van der Waals surface area contributed by atoms with Crippen LogP contribution in [-0.4, -0.2) is 26.3 Å². The number of nitriles is 1. The molecular formula is C27H24F3N5O3. The average molecular weight is 524 g/mol. The van der Waals surface area contributed by atoms with Gasteiger partial charge in [0.1, 0.15) is 36.6 Å². The van der Waals surface area contributed by atoms with E-state index in [4.69, 9.17) is 14.4 Å². The molecule has 0 aliphatic rings. The van der Waals surface area contributed by atoms with Gasteiger partial charge >= 0.3 is 6.36 Å². The van der Waals surface area contributed by atoms with Gasteiger partial charge in [-0.05, 0) is 67.2 Å². The van der Waals surface area contributed by atoms with Gasteiger partial charge in [0, 0.05) is 6.08 Å². The zero-order chi connectivity index (χ0) is 26.8. The molecule has 0 N–H and O–H groups in total. The van der Waals surface area contributed by atoms with Gasteiger partial charge in [0.2, 0.25) is 5.89 Å². The van der Waals surface area contributed by atoms with E-state index in [2.05, 4.69) is 26.1 Å². The Balaban J connectivity index is 1.19. The number of ether oxygens (including phenoxy) is 2. The Morgan fingerprint density at radius 2 is 1.71 bits per heavy atom. The fourth-order valence-electron chi connectivity index (χ4n) is 3.63. The summed E-state index contributed by atoms with van der Waals surface area (Å²) in [4.78, 5) is 4.33. The van der Waals surface area contributed by atoms with Crippen LogP contribution in [0.1, 0.15) is 41.2 Å². The van der Waals surface area contributed by atoms with Crippen LogP contribution in [0.4, 0.5) is 13.2 Å². The lowest BCUT2D eigenvalue weighted by molar-refractivity contribution is -0.274. The number of aromatic nitrogens is 4. The lowest BCUT2D eigenvalue weighted by Gasteiger charge is -2.08. The molecule has 0 amide bonds. The standard InChI is InChI=1S/C27H24F3N5O3/c28-27(29,30)38-25-12-7-21(8-13-25)9-14-26-33-22(19-37-26)18-36-24-10-5-20(6-11-24)3-1-2-4-23-17-32-34-35(23)16-15-31/h5-14,17,19H,1-4,16,18H2. The summed E-state index contributed by atoms with van der Waals surface area (Å²) in [5.41, 5.74) is 3.44. The number of hydrogen-bond donors (Lipinski definition) is 0. The number of benzene rings is 2. The highest BCUT2D eigenvalue weighted by Crippen LogP contribution is 2.23. The van der Waals surface area contributed by atoms with Gasteiger partial charge in [-0.1, -0.05) is 29.5 Å². The van der Waals surface area contributed by atoms with E-state index >= 15 is 0 Å². The van der Waals surface area contributed by atoms with Crippen molar-refractivity contribution in [1.82, 2.24) is 20.0 Å². The predicted octanol–water partition coefficient (Wildman–Crippen LogP) is 6.00. The Labute approximate surface area is 216 Å². The molecule has 0 unspecified atom stereocenters. The van der Waals surface area contributed by atoms with Crippen molar-refractivity contribution in [3.8, 4) is 17.6 Å². The highest BCUT2D eigenvalue weighted by molar-refractivity contribution is 5.66. The topological polar surface area (TPSA) is 99.0 Å². The summed E-state index contributed by atoms with van der Waals surface area (Å²) < 4.78 is 53.4. The van der Waals surface area contributed by atoms with E-state index in [0.717, 1.165) is 31.4 Å². The average Bonchev–Trinajstić information content (AvgIpc) is 3.54. The molecule has 38 heavy (non-hydrogen) atoms. The Hall–Kier alpha value is -4.59. The lowest BCUT2D eigenvalue weighted by atomic mass is 10.1. The fraction of sp³-hybridized carbons (Fsp3) is 0.259. The summed E-state index contributed by atoms with van der Waals surface area (Å²) in [5.74, 6) is 0.774. The molecule has 0 aliphatic heterocycles. The monoisotopic (exact) mass is 523 g/mol. The van der Waals surface area contributed by atoms with Crippen LogP contribution in [0.3, 0.4) is 0 Å². The van der Waals surface area contributed by atoms with Gasteiger partial charge in [0.05, 0.1) is 18.0 Å². The van der Waals surface area contributed by atoms with Crippen LogP contribution in [0.5, 0.6) is 11.5 Å². The number of alkyl halides is 3. The van der Waals surface area contributed by atoms with Crippen molar-refractivity contribution in [2.24, 2.45) is 0 Å². The van der Waals surface area contributed by atoms with E-state index in [-0.39, 0.29) is 18.9 Å². The first-order chi connectivity index (χ1) is 18.4. The molecule has 0 saturated heterocycles. The third kappa shape index (κ3) is 8.23. The molecule has 0 fully saturated rings. The van der Waals surface area contributed by atoms with Crippen molar-refractivity contribution in [2.45, 2.75) is 45.2 Å². The summed E-state index contributed by atoms with van der Waals surface area (Å²) in [6.07, 6.45) is 5.49. The van der Waals surface area contributed by atoms with Crippen molar-refractivity contribution in [3.05, 3.63) is 89.4 Å². The second kappa shape index (κ2) is 12.6. The van der Waals surface area contributed by atoms with Gasteiger partial charge in [0.15, 0.2) is 0 Å². The first-order valence-corrected chi connectivity index (χ1v) is 11.8. The normalized spacial score (nSPS) is 11.5. The molecule has 0 saturated carbocycles. The van der Waals surface area contributed by atoms with Crippen LogP contribution >= 0.6 is 0 Å². The highest BCUT2D eigenvalue weighted by atomic mass is 19.4. The second-order valence-electron chi connectivity index (χ2n) is 8.31. The van der Waals surface area contributed by atoms with Gasteiger partial charge in [-0.2, -0.15) is 5.26 Å². The summed E-state index contributed by atoms with van der Waals surface area (Å²) in [5, 5.41) is 16.6. The van der Waals surface area contributed by atoms with Crippen LogP contribution in [-0.2, 0) is 26.0 Å². The van der Waals surface area contributed by atoms with E-state index < -0.39 is 6.36 Å². The summed E-state index contributed by atoms with van der Waals surface area (Å²) >= 11 is 0. The van der Waals surface area contributed by atoms with Crippen LogP contribution in [0.25, 0.3) is 12.2 Å². The Kier molecular flexibility index (Phi) is 8.77. The molecular weight excluding hydrogens is 499 g/mol. The van der Waals surface area contributed by atoms with Gasteiger partial charge in [-0.3, -0.25) is 0 Å². The van der Waals surface area contributed by atoms with E-state index in [1.165, 1.54) is 36.1 Å². The van der Waals surface area contributed by atoms with E-state index in [1.807, 2.05) is 24.3 Å². The molecule has 0 bridgehead atoms. The molecule has 8 nitrogen and oxygen atoms in total. The molecule has 2 aromatic heterocycles. The van der Waals surface area contributed by atoms with Crippen molar-refractivity contribution >= 4 is 12.2 Å². The molecule has 2 aromatic carbocycles. The van der Waals surface area contributed by atoms with E-state index in [0.29, 0.717) is 22.9 Å². The maximum atomic E-state index is 12.3. The molecule has 0 spiro atoms. The zero-order valence-electron chi connectivity index (χ0n) is 20.3. The third-order valence-corrected chi connectivity index (χ3v) is 5.48. The van der Waals surface area contributed by atoms with Crippen LogP contribution in [0.2, 0.25) is 0 Å². The van der Waals surface area contributed by atoms with E-state index in [9.17, 15) is 13.2 Å². The first kappa shape index (κ1) is 26.5. The molecule has 0 aliphatic carbocycles. The minimum absolute atomic E-state index is 0.213. The lowest BCUT2D eigenvalue weighted by Crippen LogP contribution is -2.16. The van der Waals surface area contributed by atoms with Crippen LogP contribution in [0.15, 0.2) is 65.4 Å². The minimum atomic E-state index is -4.72. The highest BCUT2D eigenvalue weighted by Gasteiger charge is 2.30. The SMILES string of the molecule is N#CCn1nncc1CCCCc1ccc(OCc2coc(C=Cc3ccc(OC(F)(F)F)cc3)n2)cc1. The molecule has 0 atom stereocenters. The van der Waals surface area contributed by atoms with Crippen LogP contribution in [0, 0.1) is 11.3 Å². The molecule has 4 aromatic rings.